The van der Waals surface area contributed by atoms with Gasteiger partial charge in [0.15, 0.2) is 0 Å². The average molecular weight is 138 g/mol. The van der Waals surface area contributed by atoms with E-state index in [0.29, 0.717) is 0 Å². The van der Waals surface area contributed by atoms with Crippen LogP contribution >= 0.6 is 0 Å². The second-order valence-electron chi connectivity index (χ2n) is 4.53. The Bertz CT molecular complexity index is 150. The van der Waals surface area contributed by atoms with E-state index in [1.165, 1.54) is 12.8 Å². The number of hydrogen-bond acceptors (Lipinski definition) is 0. The molecule has 2 aliphatic carbocycles. The molecule has 0 aliphatic heterocycles. The van der Waals surface area contributed by atoms with Crippen molar-refractivity contribution >= 4 is 0 Å². The maximum atomic E-state index is 2.44. The second kappa shape index (κ2) is 1.78. The number of fused-ring (bicyclic) bond motifs is 1. The van der Waals surface area contributed by atoms with Crippen molar-refractivity contribution in [2.45, 2.75) is 40.0 Å². The molecule has 0 radical (unpaired) electrons. The molecule has 0 aromatic heterocycles. The Morgan fingerprint density at radius 3 is 2.50 bits per heavy atom. The van der Waals surface area contributed by atoms with Crippen LogP contribution in [0.25, 0.3) is 0 Å². The molecule has 0 nitrogen and oxygen atoms in total. The molecule has 0 spiro atoms. The molecule has 2 saturated carbocycles. The molecule has 2 fully saturated rings. The Morgan fingerprint density at radius 2 is 2.20 bits per heavy atom. The van der Waals surface area contributed by atoms with Crippen LogP contribution in [0.15, 0.2) is 0 Å². The first-order valence-corrected chi connectivity index (χ1v) is 4.70. The summed E-state index contributed by atoms with van der Waals surface area (Å²) >= 11 is 0. The summed E-state index contributed by atoms with van der Waals surface area (Å²) in [4.78, 5) is 0. The van der Waals surface area contributed by atoms with E-state index < -0.39 is 0 Å². The van der Waals surface area contributed by atoms with E-state index in [2.05, 4.69) is 20.8 Å². The maximum absolute atomic E-state index is 2.44. The minimum absolute atomic E-state index is 0.869. The van der Waals surface area contributed by atoms with Crippen LogP contribution in [0.2, 0.25) is 0 Å². The van der Waals surface area contributed by atoms with Crippen LogP contribution in [-0.4, -0.2) is 0 Å². The predicted octanol–water partition coefficient (Wildman–Crippen LogP) is 3.08. The van der Waals surface area contributed by atoms with Crippen LogP contribution < -0.4 is 0 Å². The van der Waals surface area contributed by atoms with E-state index >= 15 is 0 Å². The summed E-state index contributed by atoms with van der Waals surface area (Å²) < 4.78 is 0. The van der Waals surface area contributed by atoms with Crippen LogP contribution in [0.1, 0.15) is 40.0 Å². The predicted molar refractivity (Wildman–Crippen MR) is 43.8 cm³/mol. The van der Waals surface area contributed by atoms with Crippen molar-refractivity contribution in [2.24, 2.45) is 23.2 Å². The fourth-order valence-electron chi connectivity index (χ4n) is 3.11. The van der Waals surface area contributed by atoms with Gasteiger partial charge in [-0.25, -0.2) is 0 Å². The first-order chi connectivity index (χ1) is 4.70. The molecule has 58 valence electrons. The van der Waals surface area contributed by atoms with Gasteiger partial charge >= 0.3 is 0 Å². The van der Waals surface area contributed by atoms with E-state index in [1.807, 2.05) is 0 Å². The van der Waals surface area contributed by atoms with Crippen LogP contribution in [-0.2, 0) is 0 Å². The highest BCUT2D eigenvalue weighted by molar-refractivity contribution is 5.15. The molecule has 0 N–H and O–H groups in total. The standard InChI is InChI=1S/C10H18/c1-4-8(3)10-5-7(2)9(10)6-10/h7-9H,4-6H2,1-3H3. The normalized spacial score (nSPS) is 53.1. The summed E-state index contributed by atoms with van der Waals surface area (Å²) in [5.41, 5.74) is 0.869. The lowest BCUT2D eigenvalue weighted by Crippen LogP contribution is -2.29. The molecule has 2 rings (SSSR count). The Balaban J connectivity index is 1.98. The fourth-order valence-corrected chi connectivity index (χ4v) is 3.11. The average Bonchev–Trinajstić information content (AvgIpc) is 2.55. The lowest BCUT2D eigenvalue weighted by molar-refractivity contribution is 0.126. The van der Waals surface area contributed by atoms with Crippen molar-refractivity contribution in [1.82, 2.24) is 0 Å². The van der Waals surface area contributed by atoms with Crippen molar-refractivity contribution < 1.29 is 0 Å². The molecule has 0 aromatic rings. The summed E-state index contributed by atoms with van der Waals surface area (Å²) in [6, 6.07) is 0. The summed E-state index contributed by atoms with van der Waals surface area (Å²) in [5.74, 6) is 3.21. The molecule has 0 bridgehead atoms. The molecule has 0 heterocycles. The van der Waals surface area contributed by atoms with Crippen molar-refractivity contribution in [3.05, 3.63) is 0 Å². The van der Waals surface area contributed by atoms with Gasteiger partial charge in [0.1, 0.15) is 0 Å². The van der Waals surface area contributed by atoms with E-state index in [9.17, 15) is 0 Å². The minimum atomic E-state index is 0.869. The molecule has 0 aromatic carbocycles. The zero-order valence-corrected chi connectivity index (χ0v) is 7.35. The maximum Gasteiger partial charge on any atom is -0.0235 e. The number of hydrogen-bond donors (Lipinski definition) is 0. The molecule has 4 unspecified atom stereocenters. The molecule has 0 saturated heterocycles. The van der Waals surface area contributed by atoms with Crippen molar-refractivity contribution in [3.63, 3.8) is 0 Å². The summed E-state index contributed by atoms with van der Waals surface area (Å²) in [5, 5.41) is 0. The van der Waals surface area contributed by atoms with Gasteiger partial charge in [0, 0.05) is 0 Å². The Kier molecular flexibility index (Phi) is 1.19. The Labute approximate surface area is 64.0 Å². The largest absolute Gasteiger partial charge is 0.0651 e. The van der Waals surface area contributed by atoms with Crippen LogP contribution in [0, 0.1) is 23.2 Å². The number of rotatable bonds is 2. The molecule has 0 amide bonds. The Hall–Kier alpha value is 0. The molecule has 10 heavy (non-hydrogen) atoms. The molecule has 2 aliphatic rings. The highest BCUT2D eigenvalue weighted by atomic mass is 14.7. The van der Waals surface area contributed by atoms with E-state index in [1.54, 1.807) is 6.42 Å². The monoisotopic (exact) mass is 138 g/mol. The van der Waals surface area contributed by atoms with Crippen molar-refractivity contribution in [2.75, 3.05) is 0 Å². The lowest BCUT2D eigenvalue weighted by Gasteiger charge is -2.36. The highest BCUT2D eigenvalue weighted by Crippen LogP contribution is 2.74. The van der Waals surface area contributed by atoms with Crippen LogP contribution in [0.4, 0.5) is 0 Å². The van der Waals surface area contributed by atoms with Gasteiger partial charge in [0.25, 0.3) is 0 Å². The molecular weight excluding hydrogens is 120 g/mol. The van der Waals surface area contributed by atoms with Gasteiger partial charge in [-0.2, -0.15) is 0 Å². The van der Waals surface area contributed by atoms with E-state index in [4.69, 9.17) is 0 Å². The van der Waals surface area contributed by atoms with Gasteiger partial charge in [-0.1, -0.05) is 27.2 Å². The van der Waals surface area contributed by atoms with Crippen LogP contribution in [0.5, 0.6) is 0 Å². The van der Waals surface area contributed by atoms with Gasteiger partial charge in [-0.05, 0) is 36.0 Å². The Morgan fingerprint density at radius 1 is 1.50 bits per heavy atom. The first-order valence-electron chi connectivity index (χ1n) is 4.70. The topological polar surface area (TPSA) is 0 Å². The van der Waals surface area contributed by atoms with Gasteiger partial charge in [-0.15, -0.1) is 0 Å². The molecule has 0 heteroatoms. The molecular formula is C10H18. The minimum Gasteiger partial charge on any atom is -0.0651 e. The third-order valence-electron chi connectivity index (χ3n) is 4.16. The van der Waals surface area contributed by atoms with E-state index in [0.717, 1.165) is 23.2 Å². The van der Waals surface area contributed by atoms with Crippen molar-refractivity contribution in [3.8, 4) is 0 Å². The highest BCUT2D eigenvalue weighted by Gasteiger charge is 2.66. The van der Waals surface area contributed by atoms with Gasteiger partial charge in [-0.3, -0.25) is 0 Å². The lowest BCUT2D eigenvalue weighted by atomic mass is 9.69. The zero-order valence-electron chi connectivity index (χ0n) is 7.35. The van der Waals surface area contributed by atoms with Gasteiger partial charge < -0.3 is 0 Å². The second-order valence-corrected chi connectivity index (χ2v) is 4.53. The van der Waals surface area contributed by atoms with Gasteiger partial charge in [0.2, 0.25) is 0 Å². The summed E-state index contributed by atoms with van der Waals surface area (Å²) in [6.45, 7) is 7.18. The van der Waals surface area contributed by atoms with E-state index in [-0.39, 0.29) is 0 Å². The first kappa shape index (κ1) is 6.69. The summed E-state index contributed by atoms with van der Waals surface area (Å²) in [7, 11) is 0. The van der Waals surface area contributed by atoms with Crippen LogP contribution in [0.3, 0.4) is 0 Å². The summed E-state index contributed by atoms with van der Waals surface area (Å²) in [6.07, 6.45) is 4.49. The molecule has 4 atom stereocenters. The fraction of sp³-hybridized carbons (Fsp3) is 1.00. The van der Waals surface area contributed by atoms with Crippen molar-refractivity contribution in [1.29, 1.82) is 0 Å². The zero-order chi connectivity index (χ0) is 7.35. The third kappa shape index (κ3) is 0.580. The third-order valence-corrected chi connectivity index (χ3v) is 4.16. The smallest absolute Gasteiger partial charge is 0.0235 e. The SMILES string of the molecule is CCC(C)C12CC(C)C1C2. The van der Waals surface area contributed by atoms with Gasteiger partial charge in [0.05, 0.1) is 0 Å². The quantitative estimate of drug-likeness (QED) is 0.550.